The van der Waals surface area contributed by atoms with Crippen molar-refractivity contribution in [2.75, 3.05) is 0 Å². The fraction of sp³-hybridized carbons (Fsp3) is 0.0909. The van der Waals surface area contributed by atoms with Gasteiger partial charge in [0.2, 0.25) is 0 Å². The van der Waals surface area contributed by atoms with Crippen LogP contribution in [0.1, 0.15) is 6.92 Å². The Bertz CT molecular complexity index is 1070. The second-order valence-electron chi connectivity index (χ2n) is 6.16. The van der Waals surface area contributed by atoms with Crippen LogP contribution in [-0.2, 0) is 6.54 Å². The van der Waals surface area contributed by atoms with Gasteiger partial charge in [-0.15, -0.1) is 0 Å². The van der Waals surface area contributed by atoms with Crippen LogP contribution in [-0.4, -0.2) is 33.6 Å². The van der Waals surface area contributed by atoms with E-state index in [4.69, 9.17) is 0 Å². The second kappa shape index (κ2) is 6.20. The van der Waals surface area contributed by atoms with Crippen molar-refractivity contribution in [1.29, 1.82) is 0 Å². The maximum atomic E-state index is 2.48. The molecule has 25 heavy (non-hydrogen) atoms. The Morgan fingerprint density at radius 2 is 1.24 bits per heavy atom. The van der Waals surface area contributed by atoms with E-state index < -0.39 is 0 Å². The predicted molar refractivity (Wildman–Crippen MR) is 110 cm³/mol. The maximum absolute atomic E-state index is 2.48. The molecule has 0 fully saturated rings. The quantitative estimate of drug-likeness (QED) is 0.329. The molecular formula is C22H17NSe2. The Morgan fingerprint density at radius 1 is 0.720 bits per heavy atom. The van der Waals surface area contributed by atoms with E-state index in [0.29, 0.717) is 29.0 Å². The molecule has 0 N–H and O–H groups in total. The van der Waals surface area contributed by atoms with E-state index in [1.54, 1.807) is 0 Å². The average Bonchev–Trinajstić information content (AvgIpc) is 3.39. The van der Waals surface area contributed by atoms with Gasteiger partial charge >= 0.3 is 159 Å². The number of hydrogen-bond donors (Lipinski definition) is 0. The Balaban J connectivity index is 1.79. The fourth-order valence-electron chi connectivity index (χ4n) is 3.63. The van der Waals surface area contributed by atoms with Gasteiger partial charge in [0, 0.05) is 0 Å². The van der Waals surface area contributed by atoms with Crippen molar-refractivity contribution in [2.45, 2.75) is 13.5 Å². The summed E-state index contributed by atoms with van der Waals surface area (Å²) in [4.78, 5) is 4.58. The van der Waals surface area contributed by atoms with Gasteiger partial charge in [0.15, 0.2) is 0 Å². The molecule has 5 aromatic rings. The summed E-state index contributed by atoms with van der Waals surface area (Å²) in [6, 6.07) is 22.9. The third kappa shape index (κ3) is 2.51. The van der Waals surface area contributed by atoms with Gasteiger partial charge < -0.3 is 0 Å². The topological polar surface area (TPSA) is 4.93 Å². The Morgan fingerprint density at radius 3 is 1.64 bits per heavy atom. The zero-order valence-corrected chi connectivity index (χ0v) is 17.3. The molecule has 0 saturated carbocycles. The number of hydrogen-bond acceptors (Lipinski definition) is 0. The monoisotopic (exact) mass is 455 g/mol. The molecule has 0 bridgehead atoms. The minimum absolute atomic E-state index is 0.480. The molecule has 0 atom stereocenters. The summed E-state index contributed by atoms with van der Waals surface area (Å²) >= 11 is 0.960. The van der Waals surface area contributed by atoms with E-state index in [2.05, 4.69) is 82.0 Å². The van der Waals surface area contributed by atoms with Gasteiger partial charge in [0.25, 0.3) is 0 Å². The molecule has 2 aromatic carbocycles. The van der Waals surface area contributed by atoms with Gasteiger partial charge in [-0.3, -0.25) is 0 Å². The number of nitrogens with zero attached hydrogens (tertiary/aromatic N) is 1. The molecule has 3 heteroatoms. The van der Waals surface area contributed by atoms with Crippen molar-refractivity contribution in [3.8, 4) is 20.0 Å². The molecule has 3 aromatic heterocycles. The van der Waals surface area contributed by atoms with Crippen molar-refractivity contribution in [3.63, 3.8) is 0 Å². The van der Waals surface area contributed by atoms with Crippen LogP contribution in [0.4, 0.5) is 0 Å². The van der Waals surface area contributed by atoms with Crippen LogP contribution in [0.25, 0.3) is 41.8 Å². The predicted octanol–water partition coefficient (Wildman–Crippen LogP) is 5.26. The second-order valence-corrected chi connectivity index (χ2v) is 10.1. The van der Waals surface area contributed by atoms with Gasteiger partial charge in [0.05, 0.1) is 0 Å². The first-order valence-electron chi connectivity index (χ1n) is 8.49. The number of aryl methyl sites for hydroxylation is 1. The van der Waals surface area contributed by atoms with Crippen LogP contribution in [0, 0.1) is 0 Å². The van der Waals surface area contributed by atoms with Crippen molar-refractivity contribution in [3.05, 3.63) is 70.5 Å². The van der Waals surface area contributed by atoms with Crippen LogP contribution >= 0.6 is 0 Å². The average molecular weight is 453 g/mol. The van der Waals surface area contributed by atoms with Gasteiger partial charge in [-0.1, -0.05) is 0 Å². The summed E-state index contributed by atoms with van der Waals surface area (Å²) in [5.74, 6) is 0. The van der Waals surface area contributed by atoms with Crippen LogP contribution in [0.2, 0.25) is 0 Å². The summed E-state index contributed by atoms with van der Waals surface area (Å²) < 4.78 is 5.43. The zero-order chi connectivity index (χ0) is 16.8. The van der Waals surface area contributed by atoms with Crippen LogP contribution in [0.3, 0.4) is 0 Å². The van der Waals surface area contributed by atoms with E-state index in [1.165, 1.54) is 41.8 Å². The van der Waals surface area contributed by atoms with E-state index in [-0.39, 0.29) is 0 Å². The van der Waals surface area contributed by atoms with E-state index in [0.717, 1.165) is 6.54 Å². The number of aromatic nitrogens is 1. The summed E-state index contributed by atoms with van der Waals surface area (Å²) in [6.45, 7) is 3.25. The number of fused-ring (bicyclic) bond motifs is 3. The minimum atomic E-state index is 0.480. The molecule has 0 spiro atoms. The van der Waals surface area contributed by atoms with Crippen LogP contribution in [0.5, 0.6) is 0 Å². The van der Waals surface area contributed by atoms with Crippen molar-refractivity contribution < 1.29 is 0 Å². The van der Waals surface area contributed by atoms with Crippen molar-refractivity contribution in [2.24, 2.45) is 0 Å². The van der Waals surface area contributed by atoms with E-state index in [1.807, 2.05) is 0 Å². The third-order valence-corrected chi connectivity index (χ3v) is 8.65. The van der Waals surface area contributed by atoms with Crippen molar-refractivity contribution >= 4 is 50.8 Å². The van der Waals surface area contributed by atoms with Crippen molar-refractivity contribution in [1.82, 2.24) is 4.57 Å². The summed E-state index contributed by atoms with van der Waals surface area (Å²) in [6.07, 6.45) is 0. The van der Waals surface area contributed by atoms with E-state index in [9.17, 15) is 0 Å². The molecule has 0 aliphatic carbocycles. The fourth-order valence-corrected chi connectivity index (χ4v) is 6.67. The normalized spacial score (nSPS) is 11.6. The standard InChI is InChI=1S/C22H17NSe2/c1-2-23-19-13-15(21-5-3-11-24-21)7-9-17(19)18-10-8-16(14-20(18)23)22-6-4-12-25-22/h3-14H,2H2,1H3. The number of benzene rings is 2. The van der Waals surface area contributed by atoms with Gasteiger partial charge in [-0.25, -0.2) is 0 Å². The summed E-state index contributed by atoms with van der Waals surface area (Å²) in [5, 5.41) is 2.74. The molecule has 0 aliphatic rings. The molecule has 0 radical (unpaired) electrons. The van der Waals surface area contributed by atoms with Crippen LogP contribution < -0.4 is 0 Å². The zero-order valence-electron chi connectivity index (χ0n) is 13.9. The molecule has 5 rings (SSSR count). The molecule has 0 aliphatic heterocycles. The molecule has 122 valence electrons. The summed E-state index contributed by atoms with van der Waals surface area (Å²) in [7, 11) is 0. The molecule has 1 nitrogen and oxygen atoms in total. The molecular weight excluding hydrogens is 436 g/mol. The first kappa shape index (κ1) is 15.5. The Labute approximate surface area is 159 Å². The molecule has 0 saturated heterocycles. The summed E-state index contributed by atoms with van der Waals surface area (Å²) in [5.41, 5.74) is 5.47. The Hall–Kier alpha value is -1.76. The van der Waals surface area contributed by atoms with Crippen LogP contribution in [0.15, 0.2) is 70.5 Å². The van der Waals surface area contributed by atoms with E-state index >= 15 is 0 Å². The molecule has 0 unspecified atom stereocenters. The molecule has 0 amide bonds. The third-order valence-electron chi connectivity index (χ3n) is 4.79. The first-order chi connectivity index (χ1) is 12.3. The van der Waals surface area contributed by atoms with Gasteiger partial charge in [-0.05, 0) is 0 Å². The molecule has 3 heterocycles. The Kier molecular flexibility index (Phi) is 3.84. The SMILES string of the molecule is CCn1c2cc(-c3ccc[se]3)ccc2c2ccc(-c3ccc[se]3)cc21. The number of rotatable bonds is 3. The first-order valence-corrected chi connectivity index (χ1v) is 12.2. The van der Waals surface area contributed by atoms with Gasteiger partial charge in [-0.2, -0.15) is 0 Å². The van der Waals surface area contributed by atoms with Gasteiger partial charge in [0.1, 0.15) is 0 Å².